The number of pyridine rings is 2. The highest BCUT2D eigenvalue weighted by atomic mass is 16.6. The van der Waals surface area contributed by atoms with Crippen molar-refractivity contribution in [3.05, 3.63) is 99.6 Å². The number of hydrogen-bond acceptors (Lipinski definition) is 8. The van der Waals surface area contributed by atoms with Gasteiger partial charge < -0.3 is 33.9 Å². The first kappa shape index (κ1) is 34.0. The number of amides is 2. The van der Waals surface area contributed by atoms with Gasteiger partial charge in [-0.3, -0.25) is 14.6 Å². The lowest BCUT2D eigenvalue weighted by Gasteiger charge is -2.39. The number of hydrogen-bond donors (Lipinski definition) is 1. The number of nitrogens with zero attached hydrogens (tertiary/aromatic N) is 4. The molecule has 4 aromatic rings. The highest BCUT2D eigenvalue weighted by molar-refractivity contribution is 6.06. The van der Waals surface area contributed by atoms with Crippen molar-refractivity contribution in [1.29, 1.82) is 0 Å². The fourth-order valence-electron chi connectivity index (χ4n) is 6.43. The zero-order valence-electron chi connectivity index (χ0n) is 28.7. The molecule has 0 bridgehead atoms. The van der Waals surface area contributed by atoms with Crippen LogP contribution in [0.2, 0.25) is 0 Å². The van der Waals surface area contributed by atoms with E-state index in [-0.39, 0.29) is 23.6 Å². The lowest BCUT2D eigenvalue weighted by molar-refractivity contribution is 0.00562. The van der Waals surface area contributed by atoms with Crippen LogP contribution in [0.25, 0.3) is 10.9 Å². The molecule has 11 nitrogen and oxygen atoms in total. The molecule has 1 fully saturated rings. The average Bonchev–Trinajstić information content (AvgIpc) is 3.08. The fraction of sp³-hybridized carbons (Fsp3) is 0.421. The summed E-state index contributed by atoms with van der Waals surface area (Å²) in [5.74, 6) is 1.11. The van der Waals surface area contributed by atoms with E-state index < -0.39 is 5.60 Å². The molecule has 0 saturated carbocycles. The Hall–Kier alpha value is -4.90. The summed E-state index contributed by atoms with van der Waals surface area (Å²) in [5.41, 5.74) is 3.11. The van der Waals surface area contributed by atoms with Gasteiger partial charge in [-0.25, -0.2) is 4.79 Å². The Balaban J connectivity index is 1.13. The summed E-state index contributed by atoms with van der Waals surface area (Å²) in [4.78, 5) is 48.5. The van der Waals surface area contributed by atoms with Crippen molar-refractivity contribution in [2.45, 2.75) is 71.8 Å². The third kappa shape index (κ3) is 8.40. The van der Waals surface area contributed by atoms with E-state index in [1.54, 1.807) is 17.0 Å². The van der Waals surface area contributed by atoms with Crippen LogP contribution in [0.5, 0.6) is 11.5 Å². The number of piperidine rings is 1. The number of likely N-dealkylation sites (tertiary alicyclic amines) is 1. The third-order valence-corrected chi connectivity index (χ3v) is 8.91. The topological polar surface area (TPSA) is 115 Å². The van der Waals surface area contributed by atoms with Crippen molar-refractivity contribution in [1.82, 2.24) is 24.7 Å². The number of benzene rings is 2. The number of nitrogens with one attached hydrogen (secondary N) is 1. The van der Waals surface area contributed by atoms with E-state index in [2.05, 4.69) is 15.2 Å². The predicted molar refractivity (Wildman–Crippen MR) is 187 cm³/mol. The second kappa shape index (κ2) is 14.7. The Kier molecular flexibility index (Phi) is 10.2. The largest absolute Gasteiger partial charge is 0.486 e. The number of fused-ring (bicyclic) bond motifs is 2. The minimum atomic E-state index is -0.618. The first-order chi connectivity index (χ1) is 23.5. The van der Waals surface area contributed by atoms with Gasteiger partial charge in [-0.05, 0) is 81.5 Å². The monoisotopic (exact) mass is 667 g/mol. The van der Waals surface area contributed by atoms with Crippen LogP contribution in [-0.2, 0) is 24.4 Å². The maximum absolute atomic E-state index is 13.5. The molecule has 49 heavy (non-hydrogen) atoms. The first-order valence-electron chi connectivity index (χ1n) is 17.0. The normalized spacial score (nSPS) is 15.2. The van der Waals surface area contributed by atoms with Crippen molar-refractivity contribution in [3.8, 4) is 11.5 Å². The summed E-state index contributed by atoms with van der Waals surface area (Å²) in [6, 6.07) is 16.8. The first-order valence-corrected chi connectivity index (χ1v) is 17.0. The van der Waals surface area contributed by atoms with Crippen LogP contribution in [0.4, 0.5) is 4.79 Å². The zero-order valence-corrected chi connectivity index (χ0v) is 28.7. The van der Waals surface area contributed by atoms with Crippen LogP contribution in [0.1, 0.15) is 60.7 Å². The number of ether oxygens (including phenoxy) is 3. The van der Waals surface area contributed by atoms with Crippen molar-refractivity contribution >= 4 is 22.9 Å². The van der Waals surface area contributed by atoms with Crippen molar-refractivity contribution in [2.75, 3.05) is 32.8 Å². The minimum absolute atomic E-state index is 0.00466. The Morgan fingerprint density at radius 2 is 1.76 bits per heavy atom. The summed E-state index contributed by atoms with van der Waals surface area (Å²) in [6.45, 7) is 12.0. The van der Waals surface area contributed by atoms with Crippen LogP contribution in [0.15, 0.2) is 71.8 Å². The Morgan fingerprint density at radius 3 is 2.49 bits per heavy atom. The highest BCUT2D eigenvalue weighted by Crippen LogP contribution is 2.32. The van der Waals surface area contributed by atoms with Crippen LogP contribution in [-0.4, -0.2) is 75.8 Å². The van der Waals surface area contributed by atoms with E-state index in [0.717, 1.165) is 53.5 Å². The van der Waals surface area contributed by atoms with Gasteiger partial charge in [-0.2, -0.15) is 0 Å². The molecule has 0 spiro atoms. The zero-order chi connectivity index (χ0) is 34.5. The second-order valence-electron chi connectivity index (χ2n) is 13.8. The maximum Gasteiger partial charge on any atom is 0.410 e. The summed E-state index contributed by atoms with van der Waals surface area (Å²) >= 11 is 0. The van der Waals surface area contributed by atoms with Gasteiger partial charge in [0, 0.05) is 69.2 Å². The number of rotatable bonds is 9. The minimum Gasteiger partial charge on any atom is -0.486 e. The van der Waals surface area contributed by atoms with Crippen molar-refractivity contribution in [2.24, 2.45) is 0 Å². The molecule has 2 aliphatic rings. The van der Waals surface area contributed by atoms with E-state index in [9.17, 15) is 14.4 Å². The maximum atomic E-state index is 13.5. The molecule has 2 aromatic carbocycles. The summed E-state index contributed by atoms with van der Waals surface area (Å²) in [5, 5.41) is 3.67. The molecule has 0 atom stereocenters. The van der Waals surface area contributed by atoms with E-state index in [0.29, 0.717) is 56.5 Å². The third-order valence-electron chi connectivity index (χ3n) is 8.91. The molecule has 258 valence electrons. The summed E-state index contributed by atoms with van der Waals surface area (Å²) in [7, 11) is 0. The lowest BCUT2D eigenvalue weighted by Crippen LogP contribution is -2.49. The van der Waals surface area contributed by atoms with E-state index in [1.807, 2.05) is 81.1 Å². The van der Waals surface area contributed by atoms with Gasteiger partial charge in [0.2, 0.25) is 0 Å². The average molecular weight is 668 g/mol. The quantitative estimate of drug-likeness (QED) is 0.256. The fourth-order valence-corrected chi connectivity index (χ4v) is 6.43. The van der Waals surface area contributed by atoms with Crippen molar-refractivity contribution in [3.63, 3.8) is 0 Å². The SMILES string of the molecule is Cc1ccc2c(C(=O)NCc3cccnc3)cc(=O)n(CCN3CCC(N(Cc4ccc5c(c4)OCCO5)C(=O)OC(C)(C)C)CC3)c2c1. The Bertz CT molecular complexity index is 1860. The molecule has 6 rings (SSSR count). The molecule has 11 heteroatoms. The van der Waals surface area contributed by atoms with Gasteiger partial charge in [0.25, 0.3) is 11.5 Å². The Morgan fingerprint density at radius 1 is 0.980 bits per heavy atom. The molecule has 4 heterocycles. The molecular weight excluding hydrogens is 622 g/mol. The van der Waals surface area contributed by atoms with Crippen LogP contribution >= 0.6 is 0 Å². The van der Waals surface area contributed by atoms with Gasteiger partial charge in [-0.15, -0.1) is 0 Å². The molecular formula is C38H45N5O6. The Labute approximate surface area is 286 Å². The van der Waals surface area contributed by atoms with Crippen LogP contribution < -0.4 is 20.3 Å². The second-order valence-corrected chi connectivity index (χ2v) is 13.8. The molecule has 0 radical (unpaired) electrons. The summed E-state index contributed by atoms with van der Waals surface area (Å²) < 4.78 is 19.1. The lowest BCUT2D eigenvalue weighted by atomic mass is 10.0. The molecule has 1 saturated heterocycles. The van der Waals surface area contributed by atoms with E-state index in [4.69, 9.17) is 14.2 Å². The molecule has 1 N–H and O–H groups in total. The van der Waals surface area contributed by atoms with E-state index >= 15 is 0 Å². The highest BCUT2D eigenvalue weighted by Gasteiger charge is 2.32. The standard InChI is InChI=1S/C38H45N5O6/c1-26-7-9-30-31(36(45)40-24-28-6-5-13-39-23-28)22-35(44)42(32(30)20-26)17-16-41-14-11-29(12-15-41)43(37(46)49-38(2,3)4)25-27-8-10-33-34(21-27)48-19-18-47-33/h5-10,13,20-23,29H,11-12,14-19,24-25H2,1-4H3,(H,40,45). The van der Waals surface area contributed by atoms with Crippen LogP contribution in [0, 0.1) is 6.92 Å². The smallest absolute Gasteiger partial charge is 0.410 e. The van der Waals surface area contributed by atoms with Gasteiger partial charge in [0.15, 0.2) is 11.5 Å². The molecule has 0 aliphatic carbocycles. The number of carbonyl (C=O) groups excluding carboxylic acids is 2. The van der Waals surface area contributed by atoms with Gasteiger partial charge >= 0.3 is 6.09 Å². The molecule has 0 unspecified atom stereocenters. The number of aryl methyl sites for hydroxylation is 1. The predicted octanol–water partition coefficient (Wildman–Crippen LogP) is 5.31. The van der Waals surface area contributed by atoms with E-state index in [1.165, 1.54) is 6.07 Å². The number of carbonyl (C=O) groups is 2. The van der Waals surface area contributed by atoms with Crippen LogP contribution in [0.3, 0.4) is 0 Å². The van der Waals surface area contributed by atoms with Gasteiger partial charge in [0.05, 0.1) is 11.1 Å². The van der Waals surface area contributed by atoms with Crippen molar-refractivity contribution < 1.29 is 23.8 Å². The number of aromatic nitrogens is 2. The van der Waals surface area contributed by atoms with Gasteiger partial charge in [0.1, 0.15) is 18.8 Å². The molecule has 2 aliphatic heterocycles. The molecule has 2 amide bonds. The summed E-state index contributed by atoms with van der Waals surface area (Å²) in [6.07, 6.45) is 4.60. The molecule has 2 aromatic heterocycles. The van der Waals surface area contributed by atoms with Gasteiger partial charge in [-0.1, -0.05) is 24.3 Å².